The molecule has 7 nitrogen and oxygen atoms in total. The largest absolute Gasteiger partial charge is 0.496 e. The maximum absolute atomic E-state index is 10.8. The molecule has 1 aromatic carbocycles. The highest BCUT2D eigenvalue weighted by atomic mass is 16.6. The van der Waals surface area contributed by atoms with Gasteiger partial charge in [0.1, 0.15) is 5.75 Å². The van der Waals surface area contributed by atoms with Crippen molar-refractivity contribution in [3.63, 3.8) is 0 Å². The van der Waals surface area contributed by atoms with E-state index in [4.69, 9.17) is 9.26 Å². The predicted octanol–water partition coefficient (Wildman–Crippen LogP) is 2.51. The summed E-state index contributed by atoms with van der Waals surface area (Å²) in [6.45, 7) is 2.22. The fourth-order valence-corrected chi connectivity index (χ4v) is 1.60. The highest BCUT2D eigenvalue weighted by Crippen LogP contribution is 2.26. The third-order valence-corrected chi connectivity index (χ3v) is 2.48. The number of benzene rings is 1. The second-order valence-corrected chi connectivity index (χ2v) is 3.96. The molecule has 0 aliphatic carbocycles. The van der Waals surface area contributed by atoms with Crippen LogP contribution in [-0.4, -0.2) is 17.2 Å². The number of non-ortho nitro benzene ring substituents is 1. The molecule has 100 valence electrons. The lowest BCUT2D eigenvalue weighted by atomic mass is 10.2. The Morgan fingerprint density at radius 1 is 1.42 bits per heavy atom. The van der Waals surface area contributed by atoms with Crippen LogP contribution in [0.4, 0.5) is 11.4 Å². The molecule has 0 fully saturated rings. The van der Waals surface area contributed by atoms with Crippen LogP contribution >= 0.6 is 0 Å². The van der Waals surface area contributed by atoms with Gasteiger partial charge in [0.2, 0.25) is 0 Å². The van der Waals surface area contributed by atoms with Crippen LogP contribution < -0.4 is 10.1 Å². The smallest absolute Gasteiger partial charge is 0.275 e. The molecule has 7 heteroatoms. The molecule has 0 bridgehead atoms. The van der Waals surface area contributed by atoms with Crippen LogP contribution in [0.3, 0.4) is 0 Å². The van der Waals surface area contributed by atoms with E-state index in [0.29, 0.717) is 23.7 Å². The van der Waals surface area contributed by atoms with Crippen molar-refractivity contribution >= 4 is 11.4 Å². The van der Waals surface area contributed by atoms with E-state index >= 15 is 0 Å². The number of hydrogen-bond acceptors (Lipinski definition) is 6. The Labute approximate surface area is 109 Å². The minimum absolute atomic E-state index is 0.0319. The van der Waals surface area contributed by atoms with Gasteiger partial charge >= 0.3 is 0 Å². The van der Waals surface area contributed by atoms with Gasteiger partial charge in [-0.15, -0.1) is 0 Å². The summed E-state index contributed by atoms with van der Waals surface area (Å²) >= 11 is 0. The van der Waals surface area contributed by atoms with Crippen molar-refractivity contribution in [2.75, 3.05) is 12.4 Å². The first-order chi connectivity index (χ1) is 9.08. The molecule has 0 saturated heterocycles. The molecule has 19 heavy (non-hydrogen) atoms. The van der Waals surface area contributed by atoms with E-state index in [1.54, 1.807) is 12.1 Å². The number of nitro benzene ring substituents is 1. The lowest BCUT2D eigenvalue weighted by Crippen LogP contribution is -2.00. The fourth-order valence-electron chi connectivity index (χ4n) is 1.60. The molecule has 1 aromatic heterocycles. The molecule has 2 aromatic rings. The molecule has 1 N–H and O–H groups in total. The van der Waals surface area contributed by atoms with Gasteiger partial charge in [-0.05, 0) is 6.92 Å². The lowest BCUT2D eigenvalue weighted by molar-refractivity contribution is -0.384. The number of rotatable bonds is 5. The second-order valence-electron chi connectivity index (χ2n) is 3.96. The summed E-state index contributed by atoms with van der Waals surface area (Å²) in [5, 5.41) is 17.6. The summed E-state index contributed by atoms with van der Waals surface area (Å²) in [4.78, 5) is 10.3. The molecule has 0 radical (unpaired) electrons. The number of aromatic nitrogens is 1. The number of nitrogens with one attached hydrogen (secondary N) is 1. The number of hydrogen-bond donors (Lipinski definition) is 1. The summed E-state index contributed by atoms with van der Waals surface area (Å²) < 4.78 is 10.1. The number of nitro groups is 1. The molecule has 0 spiro atoms. The van der Waals surface area contributed by atoms with Crippen molar-refractivity contribution < 1.29 is 14.2 Å². The van der Waals surface area contributed by atoms with Gasteiger partial charge < -0.3 is 14.6 Å². The van der Waals surface area contributed by atoms with Gasteiger partial charge in [-0.3, -0.25) is 10.1 Å². The molecular weight excluding hydrogens is 250 g/mol. The molecule has 1 heterocycles. The first kappa shape index (κ1) is 12.9. The number of aryl methyl sites for hydroxylation is 1. The Balaban J connectivity index is 2.15. The van der Waals surface area contributed by atoms with Crippen molar-refractivity contribution in [2.24, 2.45) is 0 Å². The van der Waals surface area contributed by atoms with Crippen LogP contribution in [0.15, 0.2) is 28.8 Å². The van der Waals surface area contributed by atoms with E-state index in [1.807, 2.05) is 6.92 Å². The Bertz CT molecular complexity index is 594. The molecule has 2 rings (SSSR count). The van der Waals surface area contributed by atoms with Crippen molar-refractivity contribution in [3.05, 3.63) is 45.8 Å². The van der Waals surface area contributed by atoms with Gasteiger partial charge in [-0.2, -0.15) is 0 Å². The third kappa shape index (κ3) is 3.21. The maximum atomic E-state index is 10.8. The van der Waals surface area contributed by atoms with Crippen molar-refractivity contribution in [3.8, 4) is 5.75 Å². The Hall–Kier alpha value is -2.57. The predicted molar refractivity (Wildman–Crippen MR) is 68.2 cm³/mol. The second kappa shape index (κ2) is 5.38. The van der Waals surface area contributed by atoms with E-state index in [-0.39, 0.29) is 5.69 Å². The van der Waals surface area contributed by atoms with Crippen molar-refractivity contribution in [2.45, 2.75) is 13.5 Å². The number of methoxy groups -OCH3 is 1. The summed E-state index contributed by atoms with van der Waals surface area (Å²) in [5.41, 5.74) is 1.34. The molecule has 0 amide bonds. The summed E-state index contributed by atoms with van der Waals surface area (Å²) in [7, 11) is 1.46. The topological polar surface area (TPSA) is 90.4 Å². The van der Waals surface area contributed by atoms with Crippen LogP contribution in [0, 0.1) is 17.0 Å². The Kier molecular flexibility index (Phi) is 3.65. The standard InChI is InChI=1S/C12H13N3O4/c1-8-3-12(19-14-8)7-13-9-4-10(15(16)17)6-11(5-9)18-2/h3-6,13H,7H2,1-2H3. The van der Waals surface area contributed by atoms with Gasteiger partial charge in [0.05, 0.1) is 30.3 Å². The molecule has 0 saturated carbocycles. The molecule has 0 unspecified atom stereocenters. The Morgan fingerprint density at radius 3 is 2.79 bits per heavy atom. The quantitative estimate of drug-likeness (QED) is 0.658. The lowest BCUT2D eigenvalue weighted by Gasteiger charge is -2.06. The highest BCUT2D eigenvalue weighted by molar-refractivity contribution is 5.56. The molecule has 0 aliphatic rings. The SMILES string of the molecule is COc1cc(NCc2cc(C)no2)cc([N+](=O)[O-])c1. The van der Waals surface area contributed by atoms with E-state index in [2.05, 4.69) is 10.5 Å². The summed E-state index contributed by atoms with van der Waals surface area (Å²) in [6, 6.07) is 6.27. The summed E-state index contributed by atoms with van der Waals surface area (Å²) in [6.07, 6.45) is 0. The van der Waals surface area contributed by atoms with Gasteiger partial charge in [0.15, 0.2) is 5.76 Å². The fraction of sp³-hybridized carbons (Fsp3) is 0.250. The van der Waals surface area contributed by atoms with Gasteiger partial charge in [-0.1, -0.05) is 5.16 Å². The van der Waals surface area contributed by atoms with E-state index in [0.717, 1.165) is 5.69 Å². The van der Waals surface area contributed by atoms with Crippen LogP contribution in [0.25, 0.3) is 0 Å². The van der Waals surface area contributed by atoms with Gasteiger partial charge in [-0.25, -0.2) is 0 Å². The average Bonchev–Trinajstić information content (AvgIpc) is 2.81. The monoisotopic (exact) mass is 263 g/mol. The average molecular weight is 263 g/mol. The van der Waals surface area contributed by atoms with Crippen LogP contribution in [-0.2, 0) is 6.54 Å². The van der Waals surface area contributed by atoms with Crippen LogP contribution in [0.5, 0.6) is 5.75 Å². The number of anilines is 1. The molecule has 0 aliphatic heterocycles. The zero-order chi connectivity index (χ0) is 13.8. The first-order valence-corrected chi connectivity index (χ1v) is 5.58. The number of ether oxygens (including phenoxy) is 1. The van der Waals surface area contributed by atoms with Gasteiger partial charge in [0, 0.05) is 23.9 Å². The van der Waals surface area contributed by atoms with E-state index < -0.39 is 4.92 Å². The zero-order valence-electron chi connectivity index (χ0n) is 10.5. The van der Waals surface area contributed by atoms with Crippen molar-refractivity contribution in [1.82, 2.24) is 5.16 Å². The minimum Gasteiger partial charge on any atom is -0.496 e. The number of nitrogens with zero attached hydrogens (tertiary/aromatic N) is 2. The van der Waals surface area contributed by atoms with Crippen LogP contribution in [0.2, 0.25) is 0 Å². The first-order valence-electron chi connectivity index (χ1n) is 5.58. The third-order valence-electron chi connectivity index (χ3n) is 2.48. The van der Waals surface area contributed by atoms with Crippen molar-refractivity contribution in [1.29, 1.82) is 0 Å². The highest BCUT2D eigenvalue weighted by Gasteiger charge is 2.10. The molecule has 0 atom stereocenters. The van der Waals surface area contributed by atoms with E-state index in [1.165, 1.54) is 19.2 Å². The Morgan fingerprint density at radius 2 is 2.21 bits per heavy atom. The van der Waals surface area contributed by atoms with Gasteiger partial charge in [0.25, 0.3) is 5.69 Å². The van der Waals surface area contributed by atoms with E-state index in [9.17, 15) is 10.1 Å². The zero-order valence-corrected chi connectivity index (χ0v) is 10.5. The summed E-state index contributed by atoms with van der Waals surface area (Å²) in [5.74, 6) is 1.08. The normalized spacial score (nSPS) is 10.2. The van der Waals surface area contributed by atoms with Crippen LogP contribution in [0.1, 0.15) is 11.5 Å². The minimum atomic E-state index is -0.466. The maximum Gasteiger partial charge on any atom is 0.275 e. The molecular formula is C12H13N3O4.